The Morgan fingerprint density at radius 2 is 2.05 bits per heavy atom. The first-order chi connectivity index (χ1) is 9.53. The molecular formula is C14H20BrF2N3. The van der Waals surface area contributed by atoms with Gasteiger partial charge in [-0.2, -0.15) is 5.10 Å². The molecule has 0 unspecified atom stereocenters. The molecule has 2 heterocycles. The van der Waals surface area contributed by atoms with E-state index in [1.807, 2.05) is 15.8 Å². The van der Waals surface area contributed by atoms with Gasteiger partial charge in [-0.3, -0.25) is 9.58 Å². The van der Waals surface area contributed by atoms with Crippen LogP contribution < -0.4 is 0 Å². The third kappa shape index (κ3) is 3.22. The number of alkyl halides is 2. The van der Waals surface area contributed by atoms with E-state index >= 15 is 0 Å². The van der Waals surface area contributed by atoms with E-state index in [1.54, 1.807) is 6.20 Å². The lowest BCUT2D eigenvalue weighted by Gasteiger charge is -2.41. The lowest BCUT2D eigenvalue weighted by atomic mass is 9.88. The van der Waals surface area contributed by atoms with E-state index in [9.17, 15) is 8.78 Å². The Labute approximate surface area is 126 Å². The molecule has 6 heteroatoms. The molecule has 1 aliphatic heterocycles. The van der Waals surface area contributed by atoms with E-state index in [0.29, 0.717) is 12.5 Å². The summed E-state index contributed by atoms with van der Waals surface area (Å²) in [6.45, 7) is 0.753. The van der Waals surface area contributed by atoms with Crippen LogP contribution >= 0.6 is 15.9 Å². The first kappa shape index (κ1) is 14.4. The molecule has 1 saturated carbocycles. The van der Waals surface area contributed by atoms with Crippen LogP contribution in [0.25, 0.3) is 0 Å². The lowest BCUT2D eigenvalue weighted by Crippen LogP contribution is -2.49. The topological polar surface area (TPSA) is 21.1 Å². The first-order valence-electron chi connectivity index (χ1n) is 7.35. The van der Waals surface area contributed by atoms with Crippen molar-refractivity contribution < 1.29 is 8.78 Å². The van der Waals surface area contributed by atoms with Gasteiger partial charge in [-0.25, -0.2) is 8.78 Å². The maximum Gasteiger partial charge on any atom is 0.260 e. The van der Waals surface area contributed by atoms with Crippen LogP contribution in [-0.2, 0) is 0 Å². The molecule has 0 radical (unpaired) electrons. The van der Waals surface area contributed by atoms with Crippen molar-refractivity contribution in [1.82, 2.24) is 14.7 Å². The van der Waals surface area contributed by atoms with Crippen LogP contribution in [0, 0.1) is 0 Å². The maximum atomic E-state index is 13.6. The fourth-order valence-corrected chi connectivity index (χ4v) is 3.83. The zero-order valence-electron chi connectivity index (χ0n) is 11.4. The number of aromatic nitrogens is 2. The summed E-state index contributed by atoms with van der Waals surface area (Å²) >= 11 is 3.41. The van der Waals surface area contributed by atoms with Gasteiger partial charge in [0.2, 0.25) is 0 Å². The summed E-state index contributed by atoms with van der Waals surface area (Å²) < 4.78 is 30.1. The van der Waals surface area contributed by atoms with Gasteiger partial charge in [0.05, 0.1) is 23.3 Å². The summed E-state index contributed by atoms with van der Waals surface area (Å²) in [6, 6.07) is 0.624. The molecule has 0 spiro atoms. The molecular weight excluding hydrogens is 328 g/mol. The summed E-state index contributed by atoms with van der Waals surface area (Å²) in [5, 5.41) is 4.35. The van der Waals surface area contributed by atoms with Gasteiger partial charge in [0.15, 0.2) is 0 Å². The quantitative estimate of drug-likeness (QED) is 0.809. The van der Waals surface area contributed by atoms with Crippen molar-refractivity contribution in [2.24, 2.45) is 0 Å². The van der Waals surface area contributed by atoms with Gasteiger partial charge in [0.1, 0.15) is 0 Å². The second kappa shape index (κ2) is 5.72. The molecule has 1 aromatic heterocycles. The molecule has 1 aromatic rings. The molecule has 0 bridgehead atoms. The average molecular weight is 348 g/mol. The summed E-state index contributed by atoms with van der Waals surface area (Å²) in [7, 11) is 0. The fraction of sp³-hybridized carbons (Fsp3) is 0.786. The fourth-order valence-electron chi connectivity index (χ4n) is 3.53. The van der Waals surface area contributed by atoms with E-state index in [-0.39, 0.29) is 19.0 Å². The molecule has 20 heavy (non-hydrogen) atoms. The number of halogens is 3. The minimum Gasteiger partial charge on any atom is -0.294 e. The second-order valence-electron chi connectivity index (χ2n) is 6.04. The van der Waals surface area contributed by atoms with Gasteiger partial charge >= 0.3 is 0 Å². The highest BCUT2D eigenvalue weighted by Crippen LogP contribution is 2.35. The van der Waals surface area contributed by atoms with Gasteiger partial charge in [0, 0.05) is 18.7 Å². The smallest absolute Gasteiger partial charge is 0.260 e. The molecule has 0 amide bonds. The summed E-state index contributed by atoms with van der Waals surface area (Å²) in [6.07, 6.45) is 8.59. The molecule has 2 atom stereocenters. The zero-order chi connectivity index (χ0) is 14.2. The Kier molecular flexibility index (Phi) is 4.13. The van der Waals surface area contributed by atoms with Crippen LogP contribution in [0.4, 0.5) is 8.78 Å². The number of rotatable bonds is 2. The minimum atomic E-state index is -2.50. The normalized spacial score (nSPS) is 31.4. The van der Waals surface area contributed by atoms with Crippen molar-refractivity contribution in [2.45, 2.75) is 56.5 Å². The standard InChI is InChI=1S/C14H20BrF2N3/c15-11-8-18-20(9-11)13-4-1-3-12(7-13)19-6-2-5-14(16,17)10-19/h8-9,12-13H,1-7,10H2/t12-,13+/m0/s1. The van der Waals surface area contributed by atoms with E-state index in [2.05, 4.69) is 21.0 Å². The molecule has 2 aliphatic rings. The largest absolute Gasteiger partial charge is 0.294 e. The van der Waals surface area contributed by atoms with Crippen LogP contribution in [0.5, 0.6) is 0 Å². The number of piperidine rings is 1. The number of hydrogen-bond acceptors (Lipinski definition) is 2. The Morgan fingerprint density at radius 3 is 2.75 bits per heavy atom. The van der Waals surface area contributed by atoms with Crippen molar-refractivity contribution in [3.05, 3.63) is 16.9 Å². The van der Waals surface area contributed by atoms with Crippen LogP contribution in [0.3, 0.4) is 0 Å². The van der Waals surface area contributed by atoms with Crippen molar-refractivity contribution in [2.75, 3.05) is 13.1 Å². The molecule has 3 nitrogen and oxygen atoms in total. The van der Waals surface area contributed by atoms with Crippen molar-refractivity contribution in [1.29, 1.82) is 0 Å². The molecule has 0 aromatic carbocycles. The van der Waals surface area contributed by atoms with Gasteiger partial charge in [-0.05, 0) is 54.6 Å². The summed E-state index contributed by atoms with van der Waals surface area (Å²) in [5.74, 6) is -2.50. The van der Waals surface area contributed by atoms with Crippen LogP contribution in [0.15, 0.2) is 16.9 Å². The van der Waals surface area contributed by atoms with Gasteiger partial charge < -0.3 is 0 Å². The second-order valence-corrected chi connectivity index (χ2v) is 6.96. The summed E-state index contributed by atoms with van der Waals surface area (Å²) in [5.41, 5.74) is 0. The van der Waals surface area contributed by atoms with Crippen LogP contribution in [0.1, 0.15) is 44.6 Å². The molecule has 2 fully saturated rings. The highest BCUT2D eigenvalue weighted by Gasteiger charge is 2.39. The Hall–Kier alpha value is -0.490. The number of nitrogens with zero attached hydrogens (tertiary/aromatic N) is 3. The van der Waals surface area contributed by atoms with Gasteiger partial charge in [0.25, 0.3) is 5.92 Å². The van der Waals surface area contributed by atoms with Crippen molar-refractivity contribution in [3.8, 4) is 0 Å². The Morgan fingerprint density at radius 1 is 1.25 bits per heavy atom. The Bertz CT molecular complexity index is 463. The average Bonchev–Trinajstić information content (AvgIpc) is 2.85. The van der Waals surface area contributed by atoms with Crippen molar-refractivity contribution in [3.63, 3.8) is 0 Å². The lowest BCUT2D eigenvalue weighted by molar-refractivity contribution is -0.0803. The Balaban J connectivity index is 1.66. The third-order valence-electron chi connectivity index (χ3n) is 4.50. The van der Waals surface area contributed by atoms with E-state index in [0.717, 1.165) is 36.7 Å². The number of likely N-dealkylation sites (tertiary alicyclic amines) is 1. The van der Waals surface area contributed by atoms with Crippen LogP contribution in [0.2, 0.25) is 0 Å². The van der Waals surface area contributed by atoms with E-state index in [4.69, 9.17) is 0 Å². The first-order valence-corrected chi connectivity index (χ1v) is 8.14. The molecule has 3 rings (SSSR count). The van der Waals surface area contributed by atoms with E-state index < -0.39 is 5.92 Å². The third-order valence-corrected chi connectivity index (χ3v) is 4.91. The van der Waals surface area contributed by atoms with Crippen molar-refractivity contribution >= 4 is 15.9 Å². The van der Waals surface area contributed by atoms with E-state index in [1.165, 1.54) is 0 Å². The predicted octanol–water partition coefficient (Wildman–Crippen LogP) is 3.86. The molecule has 112 valence electrons. The predicted molar refractivity (Wildman–Crippen MR) is 77.0 cm³/mol. The molecule has 1 aliphatic carbocycles. The van der Waals surface area contributed by atoms with Gasteiger partial charge in [-0.1, -0.05) is 0 Å². The minimum absolute atomic E-state index is 0.0474. The SMILES string of the molecule is FC1(F)CCCN([C@H]2CCC[C@@H](n3cc(Br)cn3)C2)C1. The van der Waals surface area contributed by atoms with Gasteiger partial charge in [-0.15, -0.1) is 0 Å². The maximum absolute atomic E-state index is 13.6. The summed E-state index contributed by atoms with van der Waals surface area (Å²) in [4.78, 5) is 2.01. The molecule has 1 saturated heterocycles. The highest BCUT2D eigenvalue weighted by molar-refractivity contribution is 9.10. The highest BCUT2D eigenvalue weighted by atomic mass is 79.9. The monoisotopic (exact) mass is 347 g/mol. The van der Waals surface area contributed by atoms with Crippen LogP contribution in [-0.4, -0.2) is 39.7 Å². The zero-order valence-corrected chi connectivity index (χ0v) is 13.0. The molecule has 0 N–H and O–H groups in total. The number of hydrogen-bond donors (Lipinski definition) is 0.